The fourth-order valence-electron chi connectivity index (χ4n) is 3.02. The van der Waals surface area contributed by atoms with E-state index in [0.29, 0.717) is 6.42 Å². The molecule has 2 N–H and O–H groups in total. The fraction of sp³-hybridized carbons (Fsp3) is 0.905. The molecule has 152 valence electrons. The Labute approximate surface area is 193 Å². The summed E-state index contributed by atoms with van der Waals surface area (Å²) in [6, 6.07) is 0. The van der Waals surface area contributed by atoms with Crippen LogP contribution in [0, 0.1) is 0 Å². The summed E-state index contributed by atoms with van der Waals surface area (Å²) in [7, 11) is 0. The third kappa shape index (κ3) is 15.4. The Morgan fingerprint density at radius 3 is 1.35 bits per heavy atom. The summed E-state index contributed by atoms with van der Waals surface area (Å²) in [5, 5.41) is 18.3. The van der Waals surface area contributed by atoms with Crippen LogP contribution in [0.5, 0.6) is 0 Å². The van der Waals surface area contributed by atoms with Gasteiger partial charge in [0, 0.05) is 6.42 Å². The number of hydrogen-bond donors (Lipinski definition) is 2. The first-order valence-corrected chi connectivity index (χ1v) is 10.4. The Kier molecular flexibility index (Phi) is 20.6. The van der Waals surface area contributed by atoms with Gasteiger partial charge >= 0.3 is 43.7 Å². The van der Waals surface area contributed by atoms with Crippen molar-refractivity contribution in [2.24, 2.45) is 0 Å². The molecule has 5 heteroatoms. The molecule has 0 aromatic heterocycles. The Morgan fingerprint density at radius 1 is 0.731 bits per heavy atom. The predicted molar refractivity (Wildman–Crippen MR) is 111 cm³/mol. The van der Waals surface area contributed by atoms with E-state index in [0.717, 1.165) is 19.8 Å². The molecule has 0 radical (unpaired) electrons. The second-order valence-corrected chi connectivity index (χ2v) is 7.50. The van der Waals surface area contributed by atoms with Gasteiger partial charge in [-0.2, -0.15) is 0 Å². The predicted octanol–water partition coefficient (Wildman–Crippen LogP) is 5.50. The van der Waals surface area contributed by atoms with E-state index in [1.807, 2.05) is 0 Å². The van der Waals surface area contributed by atoms with Crippen LogP contribution < -0.4 is 0 Å². The molecular formula is C21H42CaO4. The van der Waals surface area contributed by atoms with E-state index in [4.69, 9.17) is 5.11 Å². The van der Waals surface area contributed by atoms with Gasteiger partial charge in [-0.25, -0.2) is 4.79 Å². The van der Waals surface area contributed by atoms with Crippen LogP contribution in [0.25, 0.3) is 0 Å². The molecule has 4 nitrogen and oxygen atoms in total. The number of rotatable bonds is 18. The van der Waals surface area contributed by atoms with Crippen LogP contribution in [0.15, 0.2) is 0 Å². The number of Topliss-reactive ketones (excluding diaryl/α,β-unsaturated/α-hetero) is 1. The molecule has 0 aliphatic rings. The van der Waals surface area contributed by atoms with Crippen molar-refractivity contribution in [2.45, 2.75) is 122 Å². The van der Waals surface area contributed by atoms with Crippen LogP contribution in [0.3, 0.4) is 0 Å². The van der Waals surface area contributed by atoms with E-state index in [1.54, 1.807) is 0 Å². The maximum Gasteiger partial charge on any atom is 2.00 e. The molecule has 0 aliphatic heterocycles. The van der Waals surface area contributed by atoms with Gasteiger partial charge in [0.05, 0.1) is 0 Å². The van der Waals surface area contributed by atoms with Crippen molar-refractivity contribution < 1.29 is 22.7 Å². The quantitative estimate of drug-likeness (QED) is 0.182. The molecule has 0 saturated carbocycles. The number of carboxylic acid groups (broad SMARTS) is 1. The number of carboxylic acids is 1. The zero-order chi connectivity index (χ0) is 19.0. The summed E-state index contributed by atoms with van der Waals surface area (Å²) in [4.78, 5) is 22.4. The molecule has 0 heterocycles. The Balaban J connectivity index is -0.000000960. The van der Waals surface area contributed by atoms with Crippen molar-refractivity contribution >= 4 is 49.5 Å². The van der Waals surface area contributed by atoms with E-state index < -0.39 is 17.4 Å². The number of carbonyl (C=O) groups is 2. The molecule has 0 amide bonds. The number of hydrogen-bond acceptors (Lipinski definition) is 3. The minimum atomic E-state index is -2.23. The Morgan fingerprint density at radius 2 is 1.04 bits per heavy atom. The number of unbranched alkanes of at least 4 members (excludes halogenated alkanes) is 14. The first-order valence-electron chi connectivity index (χ1n) is 10.4. The van der Waals surface area contributed by atoms with Crippen LogP contribution in [0.4, 0.5) is 0 Å². The average Bonchev–Trinajstić information content (AvgIpc) is 2.57. The van der Waals surface area contributed by atoms with Crippen molar-refractivity contribution in [2.75, 3.05) is 0 Å². The normalized spacial score (nSPS) is 13.0. The second kappa shape index (κ2) is 18.7. The van der Waals surface area contributed by atoms with Gasteiger partial charge < -0.3 is 13.1 Å². The smallest absolute Gasteiger partial charge is 1.00 e. The Hall–Kier alpha value is 0.360. The van der Waals surface area contributed by atoms with Gasteiger partial charge in [-0.3, -0.25) is 4.79 Å². The van der Waals surface area contributed by atoms with Crippen molar-refractivity contribution in [1.82, 2.24) is 0 Å². The molecule has 1 atom stereocenters. The number of aliphatic carboxylic acids is 1. The molecule has 0 fully saturated rings. The van der Waals surface area contributed by atoms with Crippen molar-refractivity contribution in [1.29, 1.82) is 0 Å². The number of ketones is 1. The zero-order valence-electron chi connectivity index (χ0n) is 19.2. The van der Waals surface area contributed by atoms with E-state index in [1.165, 1.54) is 77.0 Å². The van der Waals surface area contributed by atoms with E-state index >= 15 is 0 Å². The standard InChI is InChI=1S/C21H40O4.Ca.2H/c1-3-4-5-6-7-8-9-10-11-12-13-14-15-16-17-18-19(22)21(2,25)20(23)24;;;/h25H,3-18H2,1-2H3,(H,23,24);;;/q;+2;2*-1. The van der Waals surface area contributed by atoms with Gasteiger partial charge in [-0.05, 0) is 13.3 Å². The topological polar surface area (TPSA) is 74.6 Å². The van der Waals surface area contributed by atoms with Crippen LogP contribution in [-0.4, -0.2) is 65.3 Å². The summed E-state index contributed by atoms with van der Waals surface area (Å²) in [5.41, 5.74) is -2.23. The first kappa shape index (κ1) is 28.6. The third-order valence-electron chi connectivity index (χ3n) is 4.97. The zero-order valence-corrected chi connectivity index (χ0v) is 19.4. The molecule has 0 aliphatic carbocycles. The number of carbonyl (C=O) groups excluding carboxylic acids is 1. The summed E-state index contributed by atoms with van der Waals surface area (Å²) in [5.74, 6) is -2.05. The van der Waals surface area contributed by atoms with Crippen molar-refractivity contribution in [3.63, 3.8) is 0 Å². The van der Waals surface area contributed by atoms with Gasteiger partial charge in [0.15, 0.2) is 5.78 Å². The molecule has 0 aromatic carbocycles. The summed E-state index contributed by atoms with van der Waals surface area (Å²) in [6.07, 6.45) is 18.9. The SMILES string of the molecule is CCCCCCCCCCCCCCCCCC(=O)C(C)(O)C(=O)O.[Ca+2].[H-].[H-]. The largest absolute Gasteiger partial charge is 2.00 e. The van der Waals surface area contributed by atoms with Gasteiger partial charge in [-0.1, -0.05) is 96.8 Å². The van der Waals surface area contributed by atoms with Gasteiger partial charge in [0.1, 0.15) is 0 Å². The number of aliphatic hydroxyl groups is 1. The molecule has 0 bridgehead atoms. The maximum atomic E-state index is 11.6. The van der Waals surface area contributed by atoms with Crippen LogP contribution in [-0.2, 0) is 9.59 Å². The van der Waals surface area contributed by atoms with Gasteiger partial charge in [-0.15, -0.1) is 0 Å². The van der Waals surface area contributed by atoms with E-state index in [-0.39, 0.29) is 47.0 Å². The summed E-state index contributed by atoms with van der Waals surface area (Å²) >= 11 is 0. The van der Waals surface area contributed by atoms with Crippen molar-refractivity contribution in [3.8, 4) is 0 Å². The molecule has 0 rings (SSSR count). The van der Waals surface area contributed by atoms with Gasteiger partial charge in [0.2, 0.25) is 5.60 Å². The van der Waals surface area contributed by atoms with Gasteiger partial charge in [0.25, 0.3) is 0 Å². The van der Waals surface area contributed by atoms with E-state index in [2.05, 4.69) is 6.92 Å². The Bertz CT molecular complexity index is 366. The minimum Gasteiger partial charge on any atom is -1.00 e. The van der Waals surface area contributed by atoms with Crippen LogP contribution in [0.2, 0.25) is 0 Å². The molecule has 0 spiro atoms. The first-order chi connectivity index (χ1) is 11.9. The molecule has 26 heavy (non-hydrogen) atoms. The molecule has 0 saturated heterocycles. The molecular weight excluding hydrogens is 356 g/mol. The molecule has 1 unspecified atom stereocenters. The van der Waals surface area contributed by atoms with Crippen molar-refractivity contribution in [3.05, 3.63) is 0 Å². The van der Waals surface area contributed by atoms with Crippen LogP contribution >= 0.6 is 0 Å². The third-order valence-corrected chi connectivity index (χ3v) is 4.97. The average molecular weight is 399 g/mol. The van der Waals surface area contributed by atoms with E-state index in [9.17, 15) is 14.7 Å². The minimum absolute atomic E-state index is 0. The molecule has 0 aromatic rings. The summed E-state index contributed by atoms with van der Waals surface area (Å²) < 4.78 is 0. The summed E-state index contributed by atoms with van der Waals surface area (Å²) in [6.45, 7) is 3.31. The second-order valence-electron chi connectivity index (χ2n) is 7.50. The van der Waals surface area contributed by atoms with Crippen LogP contribution in [0.1, 0.15) is 119 Å². The fourth-order valence-corrected chi connectivity index (χ4v) is 3.02. The maximum absolute atomic E-state index is 11.6. The monoisotopic (exact) mass is 398 g/mol.